The SMILES string of the molecule is C=CCOC(CCOCC)C[N+](CC)(C(=S)CC)c1cccc(NC(=O)C2CC2)c1. The average Bonchev–Trinajstić information content (AvgIpc) is 3.60. The Hall–Kier alpha value is -1.60. The molecule has 1 aromatic rings. The summed E-state index contributed by atoms with van der Waals surface area (Å²) in [6.45, 7) is 13.4. The summed E-state index contributed by atoms with van der Waals surface area (Å²) in [4.78, 5) is 13.2. The van der Waals surface area contributed by atoms with E-state index in [0.717, 1.165) is 55.1 Å². The van der Waals surface area contributed by atoms with Crippen LogP contribution in [0.3, 0.4) is 0 Å². The first-order valence-corrected chi connectivity index (χ1v) is 11.5. The molecule has 1 N–H and O–H groups in total. The molecule has 1 aromatic carbocycles. The predicted molar refractivity (Wildman–Crippen MR) is 129 cm³/mol. The molecule has 1 saturated carbocycles. The van der Waals surface area contributed by atoms with Gasteiger partial charge in [-0.25, -0.2) is 0 Å². The summed E-state index contributed by atoms with van der Waals surface area (Å²) in [6, 6.07) is 8.12. The standard InChI is InChI=1S/C24H36N2O3S/c1-5-15-29-22(14-16-28-8-4)18-26(7-3,23(30)6-2)21-11-9-10-20(17-21)25-24(27)19-12-13-19/h5,9-11,17,19,22H,1,6-8,12-16,18H2,2-4H3/p+1. The van der Waals surface area contributed by atoms with E-state index in [0.29, 0.717) is 24.3 Å². The number of thiocarbonyl (C=S) groups is 1. The number of nitrogens with zero attached hydrogens (tertiary/aromatic N) is 1. The maximum atomic E-state index is 12.3. The largest absolute Gasteiger partial charge is 0.382 e. The van der Waals surface area contributed by atoms with E-state index in [-0.39, 0.29) is 17.9 Å². The number of hydrogen-bond donors (Lipinski definition) is 1. The van der Waals surface area contributed by atoms with Gasteiger partial charge < -0.3 is 14.8 Å². The zero-order valence-corrected chi connectivity index (χ0v) is 19.5. The highest BCUT2D eigenvalue weighted by molar-refractivity contribution is 7.80. The summed E-state index contributed by atoms with van der Waals surface area (Å²) < 4.78 is 12.2. The molecule has 1 fully saturated rings. The fourth-order valence-electron chi connectivity index (χ4n) is 3.72. The number of anilines is 1. The molecule has 0 heterocycles. The third-order valence-electron chi connectivity index (χ3n) is 5.63. The van der Waals surface area contributed by atoms with Crippen LogP contribution in [0.1, 0.15) is 46.5 Å². The third-order valence-corrected chi connectivity index (χ3v) is 6.27. The molecule has 166 valence electrons. The van der Waals surface area contributed by atoms with E-state index in [1.165, 1.54) is 0 Å². The second-order valence-electron chi connectivity index (χ2n) is 7.76. The van der Waals surface area contributed by atoms with Crippen molar-refractivity contribution in [2.75, 3.05) is 38.2 Å². The van der Waals surface area contributed by atoms with Gasteiger partial charge in [0.2, 0.25) is 5.91 Å². The zero-order valence-electron chi connectivity index (χ0n) is 18.7. The molecule has 1 aliphatic carbocycles. The molecule has 0 spiro atoms. The zero-order chi connectivity index (χ0) is 22.0. The van der Waals surface area contributed by atoms with Crippen LogP contribution in [0, 0.1) is 5.92 Å². The van der Waals surface area contributed by atoms with Crippen LogP contribution in [0.2, 0.25) is 0 Å². The number of ether oxygens (including phenoxy) is 2. The predicted octanol–water partition coefficient (Wildman–Crippen LogP) is 5.10. The van der Waals surface area contributed by atoms with Crippen molar-refractivity contribution in [1.29, 1.82) is 0 Å². The minimum atomic E-state index is -0.0105. The lowest BCUT2D eigenvalue weighted by Crippen LogP contribution is -2.57. The van der Waals surface area contributed by atoms with Gasteiger partial charge in [0.05, 0.1) is 13.2 Å². The molecule has 0 bridgehead atoms. The first-order chi connectivity index (χ1) is 14.5. The average molecular weight is 434 g/mol. The van der Waals surface area contributed by atoms with Crippen LogP contribution >= 0.6 is 12.2 Å². The molecule has 0 aromatic heterocycles. The number of quaternary nitrogens is 1. The topological polar surface area (TPSA) is 47.6 Å². The lowest BCUT2D eigenvalue weighted by Gasteiger charge is -2.39. The Morgan fingerprint density at radius 2 is 2.13 bits per heavy atom. The lowest BCUT2D eigenvalue weighted by atomic mass is 10.1. The van der Waals surface area contributed by atoms with Gasteiger partial charge in [-0.3, -0.25) is 9.28 Å². The van der Waals surface area contributed by atoms with Crippen LogP contribution in [0.4, 0.5) is 11.4 Å². The number of benzene rings is 1. The van der Waals surface area contributed by atoms with Crippen LogP contribution in [-0.4, -0.2) is 49.9 Å². The quantitative estimate of drug-likeness (QED) is 0.192. The molecule has 30 heavy (non-hydrogen) atoms. The molecule has 2 unspecified atom stereocenters. The maximum Gasteiger partial charge on any atom is 0.227 e. The first-order valence-electron chi connectivity index (χ1n) is 11.1. The molecule has 2 atom stereocenters. The number of likely N-dealkylation sites (N-methyl/N-ethyl adjacent to an activating group) is 1. The van der Waals surface area contributed by atoms with Crippen LogP contribution in [0.25, 0.3) is 0 Å². The van der Waals surface area contributed by atoms with Crippen LogP contribution in [0.15, 0.2) is 36.9 Å². The number of carbonyl (C=O) groups is 1. The highest BCUT2D eigenvalue weighted by Gasteiger charge is 2.37. The van der Waals surface area contributed by atoms with Crippen molar-refractivity contribution in [3.05, 3.63) is 36.9 Å². The molecule has 5 nitrogen and oxygen atoms in total. The van der Waals surface area contributed by atoms with E-state index in [2.05, 4.69) is 37.9 Å². The Balaban J connectivity index is 2.30. The van der Waals surface area contributed by atoms with Gasteiger partial charge in [-0.15, -0.1) is 6.58 Å². The minimum absolute atomic E-state index is 0.0105. The number of rotatable bonds is 14. The minimum Gasteiger partial charge on any atom is -0.382 e. The van der Waals surface area contributed by atoms with Gasteiger partial charge in [0.15, 0.2) is 4.99 Å². The fraction of sp³-hybridized carbons (Fsp3) is 0.583. The van der Waals surface area contributed by atoms with Gasteiger partial charge in [0.25, 0.3) is 0 Å². The van der Waals surface area contributed by atoms with E-state index in [1.807, 2.05) is 19.1 Å². The molecular weight excluding hydrogens is 396 g/mol. The summed E-state index contributed by atoms with van der Waals surface area (Å²) in [6.07, 6.45) is 5.34. The summed E-state index contributed by atoms with van der Waals surface area (Å²) in [5, 5.41) is 3.07. The van der Waals surface area contributed by atoms with Gasteiger partial charge in [-0.1, -0.05) is 19.1 Å². The second kappa shape index (κ2) is 12.3. The first kappa shape index (κ1) is 24.7. The second-order valence-corrected chi connectivity index (χ2v) is 8.23. The number of amides is 1. The molecular formula is C24H37N2O3S+. The van der Waals surface area contributed by atoms with E-state index < -0.39 is 0 Å². The Labute approximate surface area is 187 Å². The van der Waals surface area contributed by atoms with E-state index >= 15 is 0 Å². The Morgan fingerprint density at radius 3 is 2.73 bits per heavy atom. The van der Waals surface area contributed by atoms with E-state index in [1.54, 1.807) is 6.08 Å². The van der Waals surface area contributed by atoms with Crippen molar-refractivity contribution in [2.24, 2.45) is 5.92 Å². The van der Waals surface area contributed by atoms with Crippen molar-refractivity contribution < 1.29 is 14.3 Å². The molecule has 2 rings (SSSR count). The van der Waals surface area contributed by atoms with Gasteiger partial charge in [-0.05, 0) is 51.0 Å². The Bertz CT molecular complexity index is 720. The Morgan fingerprint density at radius 1 is 1.37 bits per heavy atom. The lowest BCUT2D eigenvalue weighted by molar-refractivity contribution is -0.117. The number of carbonyl (C=O) groups excluding carboxylic acids is 1. The number of hydrogen-bond acceptors (Lipinski definition) is 4. The van der Waals surface area contributed by atoms with Crippen molar-refractivity contribution in [2.45, 2.75) is 52.6 Å². The summed E-state index contributed by atoms with van der Waals surface area (Å²) in [5.74, 6) is 0.287. The molecule has 0 radical (unpaired) electrons. The van der Waals surface area contributed by atoms with Crippen molar-refractivity contribution in [1.82, 2.24) is 4.48 Å². The van der Waals surface area contributed by atoms with Crippen molar-refractivity contribution in [3.63, 3.8) is 0 Å². The van der Waals surface area contributed by atoms with Crippen molar-refractivity contribution >= 4 is 34.5 Å². The van der Waals surface area contributed by atoms with Gasteiger partial charge in [-0.2, -0.15) is 0 Å². The molecule has 1 amide bonds. The third kappa shape index (κ3) is 6.71. The van der Waals surface area contributed by atoms with E-state index in [4.69, 9.17) is 21.7 Å². The molecule has 6 heteroatoms. The van der Waals surface area contributed by atoms with Gasteiger partial charge in [0, 0.05) is 43.7 Å². The number of nitrogens with one attached hydrogen (secondary N) is 1. The monoisotopic (exact) mass is 433 g/mol. The molecule has 0 saturated heterocycles. The molecule has 1 aliphatic rings. The summed E-state index contributed by atoms with van der Waals surface area (Å²) >= 11 is 5.90. The normalized spacial score (nSPS) is 16.5. The maximum absolute atomic E-state index is 12.3. The van der Waals surface area contributed by atoms with Crippen molar-refractivity contribution in [3.8, 4) is 0 Å². The smallest absolute Gasteiger partial charge is 0.227 e. The summed E-state index contributed by atoms with van der Waals surface area (Å²) in [5.41, 5.74) is 1.92. The van der Waals surface area contributed by atoms with Crippen LogP contribution in [-0.2, 0) is 14.3 Å². The highest BCUT2D eigenvalue weighted by atomic mass is 32.1. The molecule has 0 aliphatic heterocycles. The fourth-order valence-corrected chi connectivity index (χ4v) is 4.03. The van der Waals surface area contributed by atoms with Crippen LogP contribution in [0.5, 0.6) is 0 Å². The highest BCUT2D eigenvalue weighted by Crippen LogP contribution is 2.33. The summed E-state index contributed by atoms with van der Waals surface area (Å²) in [7, 11) is 0. The van der Waals surface area contributed by atoms with E-state index in [9.17, 15) is 4.79 Å². The van der Waals surface area contributed by atoms with Gasteiger partial charge in [0.1, 0.15) is 18.3 Å². The van der Waals surface area contributed by atoms with Gasteiger partial charge >= 0.3 is 0 Å². The van der Waals surface area contributed by atoms with Crippen LogP contribution < -0.4 is 9.80 Å². The Kier molecular flexibility index (Phi) is 10.1.